The Morgan fingerprint density at radius 1 is 0.684 bits per heavy atom. The molecule has 21 heteroatoms. The number of nitrogens with one attached hydrogen (secondary N) is 5. The highest BCUT2D eigenvalue weighted by Crippen LogP contribution is 2.26. The summed E-state index contributed by atoms with van der Waals surface area (Å²) in [5.41, 5.74) is 10.1. The Morgan fingerprint density at radius 3 is 1.90 bits per heavy atom. The lowest BCUT2D eigenvalue weighted by Gasteiger charge is -2.37. The number of carbonyl (C=O) groups is 7. The lowest BCUT2D eigenvalue weighted by atomic mass is 10.0. The number of amides is 7. The van der Waals surface area contributed by atoms with Crippen LogP contribution in [0, 0.1) is 0 Å². The van der Waals surface area contributed by atoms with Crippen LogP contribution in [0.5, 0.6) is 5.75 Å². The first kappa shape index (κ1) is 59.8. The van der Waals surface area contributed by atoms with Gasteiger partial charge in [0, 0.05) is 68.8 Å². The first-order chi connectivity index (χ1) is 38.0. The summed E-state index contributed by atoms with van der Waals surface area (Å²) in [6, 6.07) is 13.8. The summed E-state index contributed by atoms with van der Waals surface area (Å²) in [7, 11) is 0. The topological polar surface area (TPSA) is 289 Å². The molecule has 0 bridgehead atoms. The Labute approximate surface area is 463 Å². The summed E-state index contributed by atoms with van der Waals surface area (Å²) < 4.78 is 5.97. The lowest BCUT2D eigenvalue weighted by molar-refractivity contribution is -0.145. The van der Waals surface area contributed by atoms with Crippen LogP contribution in [0.25, 0.3) is 0 Å². The number of fused-ring (bicyclic) bond motifs is 2. The van der Waals surface area contributed by atoms with Gasteiger partial charge in [0.1, 0.15) is 42.0 Å². The van der Waals surface area contributed by atoms with Crippen molar-refractivity contribution in [3.63, 3.8) is 0 Å². The zero-order valence-corrected chi connectivity index (χ0v) is 45.9. The molecule has 10 N–H and O–H groups in total. The number of rotatable bonds is 17. The maximum Gasteiger partial charge on any atom is 0.251 e. The second kappa shape index (κ2) is 28.9. The molecule has 79 heavy (non-hydrogen) atoms. The Kier molecular flexibility index (Phi) is 21.9. The van der Waals surface area contributed by atoms with Crippen LogP contribution >= 0.6 is 0 Å². The standard InChI is InChI=1S/C58H82N10O11/c1-4-5-6-7-8-33-79-45-24-22-44(23-25-45)66-31-29-65(30-32-66)43-20-18-41(19-21-43)52(72)61-46-11-9-27-60-55(75)49-34-42(59)35-68(49)58(78)51(38(3)71)64-54(74)47(26-17-39-13-15-40(36-69)16-14-39)62-56(76)48-12-10-28-67(48)57(77)50(37(2)70)63-53(46)73/h13-16,18-25,37-38,42,46-51,69-71H,4-12,17,26-36,59H2,1-3H3,(H,60,75)(H,61,72)(H,62,76)(H,63,73)(H,64,74)/t37-,38-,42+,46+,47+,48+,49+,50+,51+/m1/s1. The minimum Gasteiger partial charge on any atom is -0.494 e. The van der Waals surface area contributed by atoms with Crippen LogP contribution in [-0.4, -0.2) is 173 Å². The summed E-state index contributed by atoms with van der Waals surface area (Å²) >= 11 is 0. The van der Waals surface area contributed by atoms with E-state index in [0.29, 0.717) is 18.6 Å². The number of aliphatic hydroxyl groups is 3. The third kappa shape index (κ3) is 16.2. The number of hydrogen-bond acceptors (Lipinski definition) is 14. The number of carbonyl (C=O) groups excluding carboxylic acids is 7. The predicted molar refractivity (Wildman–Crippen MR) is 298 cm³/mol. The molecule has 4 fully saturated rings. The van der Waals surface area contributed by atoms with E-state index in [9.17, 15) is 48.9 Å². The van der Waals surface area contributed by atoms with Crippen molar-refractivity contribution in [3.8, 4) is 5.75 Å². The number of aryl methyl sites for hydroxylation is 1. The van der Waals surface area contributed by atoms with Gasteiger partial charge < -0.3 is 72.0 Å². The molecular weight excluding hydrogens is 1010 g/mol. The van der Waals surface area contributed by atoms with Crippen LogP contribution in [0.1, 0.15) is 113 Å². The van der Waals surface area contributed by atoms with Crippen LogP contribution in [0.3, 0.4) is 0 Å². The number of benzene rings is 3. The van der Waals surface area contributed by atoms with Gasteiger partial charge in [-0.25, -0.2) is 0 Å². The highest BCUT2D eigenvalue weighted by Gasteiger charge is 2.44. The van der Waals surface area contributed by atoms with Gasteiger partial charge in [-0.05, 0) is 125 Å². The van der Waals surface area contributed by atoms with Crippen LogP contribution < -0.4 is 46.9 Å². The van der Waals surface area contributed by atoms with E-state index >= 15 is 0 Å². The molecule has 0 spiro atoms. The van der Waals surface area contributed by atoms with Crippen LogP contribution in [0.15, 0.2) is 72.8 Å². The maximum atomic E-state index is 14.4. The van der Waals surface area contributed by atoms with Gasteiger partial charge in [0.2, 0.25) is 35.4 Å². The molecule has 7 amide bonds. The van der Waals surface area contributed by atoms with Gasteiger partial charge in [0.15, 0.2) is 0 Å². The Bertz CT molecular complexity index is 2520. The number of ether oxygens (including phenoxy) is 1. The summed E-state index contributed by atoms with van der Waals surface area (Å²) in [5.74, 6) is -4.07. The summed E-state index contributed by atoms with van der Waals surface area (Å²) in [5, 5.41) is 45.3. The Balaban J connectivity index is 1.05. The lowest BCUT2D eigenvalue weighted by Crippen LogP contribution is -2.61. The number of nitrogens with zero attached hydrogens (tertiary/aromatic N) is 4. The van der Waals surface area contributed by atoms with E-state index in [1.165, 1.54) is 49.3 Å². The number of hydrogen-bond donors (Lipinski definition) is 9. The van der Waals surface area contributed by atoms with Crippen molar-refractivity contribution in [1.82, 2.24) is 36.4 Å². The second-order valence-electron chi connectivity index (χ2n) is 21.5. The molecule has 9 atom stereocenters. The molecule has 3 aromatic carbocycles. The molecule has 7 rings (SSSR count). The molecule has 3 aromatic rings. The zero-order chi connectivity index (χ0) is 56.6. The molecule has 21 nitrogen and oxygen atoms in total. The van der Waals surface area contributed by atoms with E-state index in [0.717, 1.165) is 55.3 Å². The minimum atomic E-state index is -1.55. The average Bonchev–Trinajstić information content (AvgIpc) is 4.16. The molecule has 0 aromatic heterocycles. The predicted octanol–water partition coefficient (Wildman–Crippen LogP) is 1.63. The number of aliphatic hydroxyl groups excluding tert-OH is 3. The third-order valence-corrected chi connectivity index (χ3v) is 15.5. The summed E-state index contributed by atoms with van der Waals surface area (Å²) in [6.07, 6.45) is 4.08. The van der Waals surface area contributed by atoms with Crippen LogP contribution in [0.2, 0.25) is 0 Å². The van der Waals surface area contributed by atoms with Gasteiger partial charge in [-0.3, -0.25) is 33.6 Å². The zero-order valence-electron chi connectivity index (χ0n) is 45.9. The van der Waals surface area contributed by atoms with Gasteiger partial charge >= 0.3 is 0 Å². The second-order valence-corrected chi connectivity index (χ2v) is 21.5. The van der Waals surface area contributed by atoms with Crippen molar-refractivity contribution in [3.05, 3.63) is 89.5 Å². The van der Waals surface area contributed by atoms with Gasteiger partial charge in [-0.2, -0.15) is 0 Å². The molecule has 0 saturated carbocycles. The number of unbranched alkanes of at least 4 members (excludes halogenated alkanes) is 4. The molecule has 0 aliphatic carbocycles. The molecule has 4 aliphatic heterocycles. The van der Waals surface area contributed by atoms with Gasteiger partial charge in [-0.15, -0.1) is 0 Å². The molecule has 4 heterocycles. The number of nitrogens with two attached hydrogens (primary N) is 1. The van der Waals surface area contributed by atoms with Crippen molar-refractivity contribution in [2.75, 3.05) is 62.2 Å². The van der Waals surface area contributed by atoms with E-state index in [4.69, 9.17) is 10.5 Å². The van der Waals surface area contributed by atoms with E-state index in [1.54, 1.807) is 36.4 Å². The molecule has 4 saturated heterocycles. The fraction of sp³-hybridized carbons (Fsp3) is 0.569. The normalized spacial score (nSPS) is 24.8. The van der Waals surface area contributed by atoms with E-state index in [-0.39, 0.29) is 70.3 Å². The quantitative estimate of drug-likeness (QED) is 0.0870. The van der Waals surface area contributed by atoms with Gasteiger partial charge in [0.05, 0.1) is 25.4 Å². The SMILES string of the molecule is CCCCCCCOc1ccc(N2CCN(c3ccc(C(=O)N[C@H]4CCCNC(=O)[C@@H]5C[C@H](N)CN5C(=O)[C@H]([C@@H](C)O)NC(=O)[C@H](CCc5ccc(CO)cc5)NC(=O)[C@@H]5CCCN5C(=O)[C@H]([C@@H](C)O)NC4=O)cc3)CC2)cc1. The highest BCUT2D eigenvalue weighted by molar-refractivity contribution is 6.00. The fourth-order valence-corrected chi connectivity index (χ4v) is 10.8. The largest absolute Gasteiger partial charge is 0.494 e. The smallest absolute Gasteiger partial charge is 0.251 e. The van der Waals surface area contributed by atoms with Crippen molar-refractivity contribution in [1.29, 1.82) is 0 Å². The van der Waals surface area contributed by atoms with Crippen LogP contribution in [0.4, 0.5) is 11.4 Å². The summed E-state index contributed by atoms with van der Waals surface area (Å²) in [4.78, 5) is 106. The summed E-state index contributed by atoms with van der Waals surface area (Å²) in [6.45, 7) is 8.51. The highest BCUT2D eigenvalue weighted by atomic mass is 16.5. The first-order valence-corrected chi connectivity index (χ1v) is 28.3. The molecular formula is C58H82N10O11. The number of anilines is 2. The van der Waals surface area contributed by atoms with Crippen molar-refractivity contribution < 1.29 is 53.6 Å². The van der Waals surface area contributed by atoms with E-state index in [2.05, 4.69) is 55.4 Å². The van der Waals surface area contributed by atoms with E-state index in [1.807, 2.05) is 24.3 Å². The monoisotopic (exact) mass is 1090 g/mol. The molecule has 430 valence electrons. The fourth-order valence-electron chi connectivity index (χ4n) is 10.8. The van der Waals surface area contributed by atoms with Crippen molar-refractivity contribution in [2.24, 2.45) is 5.73 Å². The third-order valence-electron chi connectivity index (χ3n) is 15.5. The van der Waals surface area contributed by atoms with E-state index < -0.39 is 95.9 Å². The van der Waals surface area contributed by atoms with Crippen molar-refractivity contribution in [2.45, 2.75) is 159 Å². The average molecular weight is 1100 g/mol. The molecule has 0 unspecified atom stereocenters. The van der Waals surface area contributed by atoms with Crippen LogP contribution in [-0.2, 0) is 41.8 Å². The molecule has 4 aliphatic rings. The Hall–Kier alpha value is -6.81. The Morgan fingerprint density at radius 2 is 1.28 bits per heavy atom. The first-order valence-electron chi connectivity index (χ1n) is 28.3. The molecule has 0 radical (unpaired) electrons. The maximum absolute atomic E-state index is 14.4. The number of piperazine rings is 1. The minimum absolute atomic E-state index is 0.00380. The van der Waals surface area contributed by atoms with Crippen molar-refractivity contribution >= 4 is 52.7 Å². The van der Waals surface area contributed by atoms with Gasteiger partial charge in [-0.1, -0.05) is 56.9 Å². The van der Waals surface area contributed by atoms with Gasteiger partial charge in [0.25, 0.3) is 5.91 Å².